The molecule has 122 valence electrons. The highest BCUT2D eigenvalue weighted by Gasteiger charge is 2.56. The van der Waals surface area contributed by atoms with Crippen LogP contribution in [0, 0.1) is 10.8 Å². The monoisotopic (exact) mass is 318 g/mol. The summed E-state index contributed by atoms with van der Waals surface area (Å²) in [5.74, 6) is -1.41. The van der Waals surface area contributed by atoms with E-state index in [0.29, 0.717) is 11.3 Å². The Morgan fingerprint density at radius 2 is 1.70 bits per heavy atom. The molecule has 2 aliphatic rings. The Morgan fingerprint density at radius 1 is 1.09 bits per heavy atom. The molecule has 0 amide bonds. The van der Waals surface area contributed by atoms with Crippen molar-refractivity contribution in [2.24, 2.45) is 10.8 Å². The summed E-state index contributed by atoms with van der Waals surface area (Å²) in [6.07, 6.45) is 7.24. The molecule has 1 atom stereocenters. The van der Waals surface area contributed by atoms with E-state index in [1.807, 2.05) is 0 Å². The molecular formula is C17H18O6. The summed E-state index contributed by atoms with van der Waals surface area (Å²) in [7, 11) is 3.82. The van der Waals surface area contributed by atoms with E-state index >= 15 is 0 Å². The summed E-state index contributed by atoms with van der Waals surface area (Å²) in [5.41, 5.74) is -2.02. The van der Waals surface area contributed by atoms with E-state index < -0.39 is 22.8 Å². The number of allylic oxidation sites excluding steroid dienone is 4. The van der Waals surface area contributed by atoms with Gasteiger partial charge >= 0.3 is 11.9 Å². The van der Waals surface area contributed by atoms with Crippen LogP contribution < -0.4 is 0 Å². The third-order valence-corrected chi connectivity index (χ3v) is 4.26. The third kappa shape index (κ3) is 2.40. The molecule has 23 heavy (non-hydrogen) atoms. The number of ether oxygens (including phenoxy) is 3. The fourth-order valence-electron chi connectivity index (χ4n) is 3.00. The molecule has 0 N–H and O–H groups in total. The molecule has 6 heteroatoms. The zero-order chi connectivity index (χ0) is 17.3. The van der Waals surface area contributed by atoms with Crippen LogP contribution in [0.1, 0.15) is 6.42 Å². The Bertz CT molecular complexity index is 651. The van der Waals surface area contributed by atoms with Crippen LogP contribution in [0.25, 0.3) is 0 Å². The first-order valence-corrected chi connectivity index (χ1v) is 6.91. The summed E-state index contributed by atoms with van der Waals surface area (Å²) >= 11 is 0. The Balaban J connectivity index is 2.63. The average molecular weight is 318 g/mol. The molecule has 0 aromatic heterocycles. The van der Waals surface area contributed by atoms with Gasteiger partial charge in [0.05, 0.1) is 26.7 Å². The average Bonchev–Trinajstić information content (AvgIpc) is 2.57. The minimum atomic E-state index is -1.63. The van der Waals surface area contributed by atoms with Crippen LogP contribution in [0.5, 0.6) is 0 Å². The summed E-state index contributed by atoms with van der Waals surface area (Å²) in [5, 5.41) is 0. The quantitative estimate of drug-likeness (QED) is 0.579. The molecule has 0 saturated heterocycles. The lowest BCUT2D eigenvalue weighted by molar-refractivity contribution is -0.167. The van der Waals surface area contributed by atoms with E-state index in [-0.39, 0.29) is 12.2 Å². The first kappa shape index (κ1) is 16.7. The van der Waals surface area contributed by atoms with Gasteiger partial charge in [-0.1, -0.05) is 24.8 Å². The van der Waals surface area contributed by atoms with Crippen molar-refractivity contribution in [3.05, 3.63) is 48.3 Å². The van der Waals surface area contributed by atoms with Gasteiger partial charge in [0.2, 0.25) is 0 Å². The number of carbonyl (C=O) groups excluding carboxylic acids is 3. The van der Waals surface area contributed by atoms with E-state index in [4.69, 9.17) is 14.2 Å². The predicted octanol–water partition coefficient (Wildman–Crippen LogP) is 1.49. The van der Waals surface area contributed by atoms with Gasteiger partial charge in [-0.3, -0.25) is 14.4 Å². The zero-order valence-electron chi connectivity index (χ0n) is 13.3. The highest BCUT2D eigenvalue weighted by molar-refractivity contribution is 6.04. The Labute approximate surface area is 134 Å². The second-order valence-corrected chi connectivity index (χ2v) is 5.41. The van der Waals surface area contributed by atoms with E-state index in [0.717, 1.165) is 0 Å². The third-order valence-electron chi connectivity index (χ3n) is 4.26. The molecule has 6 nitrogen and oxygen atoms in total. The molecule has 2 rings (SSSR count). The first-order valence-electron chi connectivity index (χ1n) is 6.91. The van der Waals surface area contributed by atoms with Gasteiger partial charge in [0.1, 0.15) is 5.76 Å². The smallest absolute Gasteiger partial charge is 0.327 e. The van der Waals surface area contributed by atoms with Crippen molar-refractivity contribution in [1.82, 2.24) is 0 Å². The maximum absolute atomic E-state index is 12.3. The number of hydrogen-bond acceptors (Lipinski definition) is 6. The van der Waals surface area contributed by atoms with Crippen LogP contribution in [0.4, 0.5) is 0 Å². The minimum Gasteiger partial charge on any atom is -0.500 e. The van der Waals surface area contributed by atoms with Crippen molar-refractivity contribution in [2.75, 3.05) is 21.3 Å². The fourth-order valence-corrected chi connectivity index (χ4v) is 3.00. The maximum atomic E-state index is 12.3. The van der Waals surface area contributed by atoms with Gasteiger partial charge in [0, 0.05) is 6.08 Å². The number of hydrogen-bond donors (Lipinski definition) is 0. The van der Waals surface area contributed by atoms with E-state index in [1.165, 1.54) is 39.6 Å². The van der Waals surface area contributed by atoms with Gasteiger partial charge in [0.15, 0.2) is 11.2 Å². The molecule has 0 radical (unpaired) electrons. The van der Waals surface area contributed by atoms with Crippen LogP contribution in [0.3, 0.4) is 0 Å². The predicted molar refractivity (Wildman–Crippen MR) is 81.0 cm³/mol. The Kier molecular flexibility index (Phi) is 4.27. The van der Waals surface area contributed by atoms with Crippen molar-refractivity contribution >= 4 is 17.7 Å². The molecule has 0 aromatic carbocycles. The summed E-state index contributed by atoms with van der Waals surface area (Å²) in [6.45, 7) is 3.98. The molecule has 0 fully saturated rings. The highest BCUT2D eigenvalue weighted by Crippen LogP contribution is 2.52. The van der Waals surface area contributed by atoms with Crippen LogP contribution in [0.15, 0.2) is 48.3 Å². The van der Waals surface area contributed by atoms with Crippen molar-refractivity contribution < 1.29 is 28.6 Å². The number of ketones is 1. The molecule has 1 spiro atoms. The number of rotatable bonds is 3. The second-order valence-electron chi connectivity index (χ2n) is 5.41. The minimum absolute atomic E-state index is 0.0296. The number of methoxy groups -OCH3 is 3. The fraction of sp³-hybridized carbons (Fsp3) is 0.353. The van der Waals surface area contributed by atoms with Gasteiger partial charge < -0.3 is 14.2 Å². The normalized spacial score (nSPS) is 25.1. The summed E-state index contributed by atoms with van der Waals surface area (Å²) in [6, 6.07) is 0. The Morgan fingerprint density at radius 3 is 2.22 bits per heavy atom. The summed E-state index contributed by atoms with van der Waals surface area (Å²) in [4.78, 5) is 36.3. The van der Waals surface area contributed by atoms with Gasteiger partial charge in [-0.25, -0.2) is 0 Å². The van der Waals surface area contributed by atoms with Gasteiger partial charge in [-0.15, -0.1) is 0 Å². The lowest BCUT2D eigenvalue weighted by Crippen LogP contribution is -2.47. The van der Waals surface area contributed by atoms with Crippen LogP contribution in [-0.2, 0) is 28.6 Å². The maximum Gasteiger partial charge on any atom is 0.327 e. The van der Waals surface area contributed by atoms with Gasteiger partial charge in [0.25, 0.3) is 0 Å². The van der Waals surface area contributed by atoms with Crippen LogP contribution in [0.2, 0.25) is 0 Å². The molecule has 2 aliphatic carbocycles. The molecule has 0 aliphatic heterocycles. The van der Waals surface area contributed by atoms with E-state index in [9.17, 15) is 14.4 Å². The largest absolute Gasteiger partial charge is 0.500 e. The van der Waals surface area contributed by atoms with E-state index in [2.05, 4.69) is 6.58 Å². The molecule has 0 heterocycles. The Hall–Kier alpha value is -2.63. The number of esters is 2. The van der Waals surface area contributed by atoms with Crippen molar-refractivity contribution in [2.45, 2.75) is 6.42 Å². The molecular weight excluding hydrogens is 300 g/mol. The molecule has 0 bridgehead atoms. The van der Waals surface area contributed by atoms with Crippen molar-refractivity contribution in [3.63, 3.8) is 0 Å². The molecule has 0 aromatic rings. The SMILES string of the molecule is C=C1C=CC(C(=O)OC)(C(=O)OC)CC12C=CC(=O)C=C2OC. The van der Waals surface area contributed by atoms with Gasteiger partial charge in [-0.05, 0) is 18.1 Å². The molecule has 0 saturated carbocycles. The zero-order valence-corrected chi connectivity index (χ0v) is 13.3. The first-order chi connectivity index (χ1) is 10.9. The lowest BCUT2D eigenvalue weighted by atomic mass is 9.61. The topological polar surface area (TPSA) is 78.9 Å². The van der Waals surface area contributed by atoms with Crippen molar-refractivity contribution in [1.29, 1.82) is 0 Å². The standard InChI is InChI=1S/C17H18O6/c1-11-5-7-17(14(19)22-3,15(20)23-4)10-16(11)8-6-12(18)9-13(16)21-2/h5-9H,1,10H2,2-4H3. The second kappa shape index (κ2) is 5.87. The van der Waals surface area contributed by atoms with Crippen molar-refractivity contribution in [3.8, 4) is 0 Å². The molecule has 1 unspecified atom stereocenters. The van der Waals surface area contributed by atoms with E-state index in [1.54, 1.807) is 12.2 Å². The number of carbonyl (C=O) groups is 3. The summed E-state index contributed by atoms with van der Waals surface area (Å²) < 4.78 is 14.9. The van der Waals surface area contributed by atoms with Crippen LogP contribution in [-0.4, -0.2) is 39.1 Å². The highest BCUT2D eigenvalue weighted by atomic mass is 16.5. The van der Waals surface area contributed by atoms with Gasteiger partial charge in [-0.2, -0.15) is 0 Å². The lowest BCUT2D eigenvalue weighted by Gasteiger charge is -2.42. The van der Waals surface area contributed by atoms with Crippen LogP contribution >= 0.6 is 0 Å².